The highest BCUT2D eigenvalue weighted by atomic mass is 32.2. The molecule has 3 rings (SSSR count). The third kappa shape index (κ3) is 7.47. The average molecular weight is 568 g/mol. The Balaban J connectivity index is 2.07. The van der Waals surface area contributed by atoms with Crippen LogP contribution in [0.3, 0.4) is 0 Å². The maximum absolute atomic E-state index is 15.0. The summed E-state index contributed by atoms with van der Waals surface area (Å²) >= 11 is 0. The molecule has 0 aliphatic rings. The maximum Gasteiger partial charge on any atom is 0.264 e. The van der Waals surface area contributed by atoms with Gasteiger partial charge in [-0.1, -0.05) is 73.5 Å². The van der Waals surface area contributed by atoms with Gasteiger partial charge in [0.15, 0.2) is 0 Å². The molecule has 0 heterocycles. The predicted molar refractivity (Wildman–Crippen MR) is 156 cm³/mol. The van der Waals surface area contributed by atoms with E-state index in [2.05, 4.69) is 5.32 Å². The molecular formula is C31H38FN3O4S. The number of nitrogens with zero attached hydrogens (tertiary/aromatic N) is 2. The number of para-hydroxylation sites is 1. The molecule has 0 radical (unpaired) electrons. The summed E-state index contributed by atoms with van der Waals surface area (Å²) < 4.78 is 43.5. The van der Waals surface area contributed by atoms with Gasteiger partial charge in [-0.3, -0.25) is 13.9 Å². The van der Waals surface area contributed by atoms with E-state index in [0.717, 1.165) is 27.1 Å². The molecular weight excluding hydrogens is 529 g/mol. The first-order valence-electron chi connectivity index (χ1n) is 13.5. The van der Waals surface area contributed by atoms with Gasteiger partial charge in [-0.15, -0.1) is 0 Å². The zero-order valence-electron chi connectivity index (χ0n) is 23.7. The third-order valence-electron chi connectivity index (χ3n) is 6.83. The Hall–Kier alpha value is -3.72. The van der Waals surface area contributed by atoms with Gasteiger partial charge in [0.05, 0.1) is 10.6 Å². The number of halogens is 1. The highest BCUT2D eigenvalue weighted by Crippen LogP contribution is 2.27. The molecule has 9 heteroatoms. The summed E-state index contributed by atoms with van der Waals surface area (Å²) in [5, 5.41) is 2.94. The Bertz CT molecular complexity index is 1430. The van der Waals surface area contributed by atoms with E-state index in [1.165, 1.54) is 35.2 Å². The van der Waals surface area contributed by atoms with Crippen LogP contribution in [-0.4, -0.2) is 43.8 Å². The van der Waals surface area contributed by atoms with Gasteiger partial charge in [0, 0.05) is 12.6 Å². The van der Waals surface area contributed by atoms with Crippen molar-refractivity contribution in [2.75, 3.05) is 10.8 Å². The van der Waals surface area contributed by atoms with E-state index in [-0.39, 0.29) is 29.1 Å². The zero-order chi connectivity index (χ0) is 29.4. The van der Waals surface area contributed by atoms with Crippen molar-refractivity contribution in [2.45, 2.75) is 71.0 Å². The van der Waals surface area contributed by atoms with Crippen LogP contribution in [0.25, 0.3) is 0 Å². The minimum absolute atomic E-state index is 0.0686. The van der Waals surface area contributed by atoms with Gasteiger partial charge in [0.2, 0.25) is 11.8 Å². The van der Waals surface area contributed by atoms with Gasteiger partial charge in [-0.2, -0.15) is 0 Å². The number of anilines is 1. The number of carbonyl (C=O) groups is 2. The van der Waals surface area contributed by atoms with Crippen LogP contribution in [0.15, 0.2) is 77.7 Å². The minimum atomic E-state index is -4.33. The van der Waals surface area contributed by atoms with E-state index in [1.54, 1.807) is 19.1 Å². The molecule has 0 aromatic heterocycles. The predicted octanol–water partition coefficient (Wildman–Crippen LogP) is 5.36. The smallest absolute Gasteiger partial charge is 0.264 e. The molecule has 3 aromatic carbocycles. The van der Waals surface area contributed by atoms with E-state index >= 15 is 4.39 Å². The van der Waals surface area contributed by atoms with E-state index < -0.39 is 34.3 Å². The summed E-state index contributed by atoms with van der Waals surface area (Å²) in [5.74, 6) is -1.72. The lowest BCUT2D eigenvalue weighted by atomic mass is 10.1. The topological polar surface area (TPSA) is 86.8 Å². The molecule has 40 heavy (non-hydrogen) atoms. The van der Waals surface area contributed by atoms with E-state index in [4.69, 9.17) is 0 Å². The first-order valence-corrected chi connectivity index (χ1v) is 14.9. The van der Waals surface area contributed by atoms with Gasteiger partial charge in [-0.05, 0) is 63.4 Å². The second-order valence-electron chi connectivity index (χ2n) is 10.0. The standard InChI is InChI=1S/C31H38FN3O4S/c1-6-24(5)33-31(37)28(7-2)34(20-25-12-10-11-23(4)19-25)30(36)21-35(29-14-9-8-13-27(29)32)40(38,39)26-17-15-22(3)16-18-26/h8-19,24,28H,6-7,20-21H2,1-5H3,(H,33,37)/t24-,28+/m1/s1. The van der Waals surface area contributed by atoms with Gasteiger partial charge >= 0.3 is 0 Å². The number of hydrogen-bond donors (Lipinski definition) is 1. The van der Waals surface area contributed by atoms with Crippen LogP contribution < -0.4 is 9.62 Å². The van der Waals surface area contributed by atoms with Gasteiger partial charge in [-0.25, -0.2) is 12.8 Å². The first-order chi connectivity index (χ1) is 19.0. The second kappa shape index (κ2) is 13.6. The third-order valence-corrected chi connectivity index (χ3v) is 8.61. The molecule has 0 fully saturated rings. The van der Waals surface area contributed by atoms with Crippen LogP contribution >= 0.6 is 0 Å². The molecule has 0 aliphatic heterocycles. The molecule has 0 aliphatic carbocycles. The van der Waals surface area contributed by atoms with Gasteiger partial charge in [0.1, 0.15) is 18.4 Å². The largest absolute Gasteiger partial charge is 0.352 e. The summed E-state index contributed by atoms with van der Waals surface area (Å²) in [7, 11) is -4.33. The fraction of sp³-hybridized carbons (Fsp3) is 0.355. The Morgan fingerprint density at radius 2 is 1.57 bits per heavy atom. The van der Waals surface area contributed by atoms with Crippen molar-refractivity contribution in [1.82, 2.24) is 10.2 Å². The van der Waals surface area contributed by atoms with Crippen LogP contribution in [0.1, 0.15) is 50.3 Å². The number of hydrogen-bond acceptors (Lipinski definition) is 4. The number of sulfonamides is 1. The van der Waals surface area contributed by atoms with Crippen LogP contribution in [-0.2, 0) is 26.2 Å². The van der Waals surface area contributed by atoms with Crippen molar-refractivity contribution in [3.05, 3.63) is 95.3 Å². The molecule has 0 saturated carbocycles. The van der Waals surface area contributed by atoms with Crippen LogP contribution in [0.5, 0.6) is 0 Å². The highest BCUT2D eigenvalue weighted by molar-refractivity contribution is 7.92. The van der Waals surface area contributed by atoms with Crippen molar-refractivity contribution in [3.63, 3.8) is 0 Å². The number of amides is 2. The highest BCUT2D eigenvalue weighted by Gasteiger charge is 2.34. The lowest BCUT2D eigenvalue weighted by Gasteiger charge is -2.33. The van der Waals surface area contributed by atoms with Gasteiger partial charge < -0.3 is 10.2 Å². The maximum atomic E-state index is 15.0. The minimum Gasteiger partial charge on any atom is -0.352 e. The monoisotopic (exact) mass is 567 g/mol. The van der Waals surface area contributed by atoms with Gasteiger partial charge in [0.25, 0.3) is 10.0 Å². The number of rotatable bonds is 12. The lowest BCUT2D eigenvalue weighted by Crippen LogP contribution is -2.53. The quantitative estimate of drug-likeness (QED) is 0.319. The molecule has 0 unspecified atom stereocenters. The lowest BCUT2D eigenvalue weighted by molar-refractivity contribution is -0.140. The number of nitrogens with one attached hydrogen (secondary N) is 1. The molecule has 214 valence electrons. The fourth-order valence-electron chi connectivity index (χ4n) is 4.37. The zero-order valence-corrected chi connectivity index (χ0v) is 24.5. The Labute approximate surface area is 237 Å². The second-order valence-corrected chi connectivity index (χ2v) is 11.9. The molecule has 1 N–H and O–H groups in total. The summed E-state index contributed by atoms with van der Waals surface area (Å²) in [6.45, 7) is 8.78. The number of aryl methyl sites for hydroxylation is 2. The molecule has 0 saturated heterocycles. The van der Waals surface area contributed by atoms with Crippen molar-refractivity contribution in [2.24, 2.45) is 0 Å². The summed E-state index contributed by atoms with van der Waals surface area (Å²) in [5.41, 5.74) is 2.39. The van der Waals surface area contributed by atoms with Crippen molar-refractivity contribution < 1.29 is 22.4 Å². The Kier molecular flexibility index (Phi) is 10.5. The summed E-state index contributed by atoms with van der Waals surface area (Å²) in [4.78, 5) is 28.7. The molecule has 2 atom stereocenters. The average Bonchev–Trinajstić information content (AvgIpc) is 2.92. The van der Waals surface area contributed by atoms with Crippen LogP contribution in [0, 0.1) is 19.7 Å². The molecule has 7 nitrogen and oxygen atoms in total. The van der Waals surface area contributed by atoms with Crippen LogP contribution in [0.2, 0.25) is 0 Å². The van der Waals surface area contributed by atoms with E-state index in [1.807, 2.05) is 52.0 Å². The SMILES string of the molecule is CC[C@@H](C)NC(=O)[C@H](CC)N(Cc1cccc(C)c1)C(=O)CN(c1ccccc1F)S(=O)(=O)c1ccc(C)cc1. The fourth-order valence-corrected chi connectivity index (χ4v) is 5.79. The molecule has 2 amide bonds. The van der Waals surface area contributed by atoms with Crippen molar-refractivity contribution in [1.29, 1.82) is 0 Å². The molecule has 0 bridgehead atoms. The van der Waals surface area contributed by atoms with E-state index in [9.17, 15) is 18.0 Å². The van der Waals surface area contributed by atoms with Crippen molar-refractivity contribution >= 4 is 27.5 Å². The summed E-state index contributed by atoms with van der Waals surface area (Å²) in [6.07, 6.45) is 1.02. The normalized spacial score (nSPS) is 12.8. The molecule has 3 aromatic rings. The number of carbonyl (C=O) groups excluding carboxylic acids is 2. The Morgan fingerprint density at radius 1 is 0.900 bits per heavy atom. The molecule has 0 spiro atoms. The van der Waals surface area contributed by atoms with Crippen molar-refractivity contribution in [3.8, 4) is 0 Å². The number of benzene rings is 3. The first kappa shape index (κ1) is 30.8. The van der Waals surface area contributed by atoms with E-state index in [0.29, 0.717) is 12.8 Å². The summed E-state index contributed by atoms with van der Waals surface area (Å²) in [6, 6.07) is 18.2. The van der Waals surface area contributed by atoms with Crippen LogP contribution in [0.4, 0.5) is 10.1 Å². The Morgan fingerprint density at radius 3 is 2.17 bits per heavy atom.